The van der Waals surface area contributed by atoms with Crippen LogP contribution in [0.15, 0.2) is 30.3 Å². The first-order chi connectivity index (χ1) is 8.06. The van der Waals surface area contributed by atoms with Gasteiger partial charge in [0.05, 0.1) is 0 Å². The van der Waals surface area contributed by atoms with Crippen molar-refractivity contribution >= 4 is 11.9 Å². The molecule has 1 rings (SSSR count). The highest BCUT2D eigenvalue weighted by molar-refractivity contribution is 5.85. The summed E-state index contributed by atoms with van der Waals surface area (Å²) in [6.45, 7) is 1.51. The van der Waals surface area contributed by atoms with Crippen molar-refractivity contribution in [1.82, 2.24) is 4.90 Å². The van der Waals surface area contributed by atoms with E-state index in [9.17, 15) is 14.7 Å². The van der Waals surface area contributed by atoms with Gasteiger partial charge in [-0.1, -0.05) is 30.3 Å². The summed E-state index contributed by atoms with van der Waals surface area (Å²) >= 11 is 0. The molecule has 5 heteroatoms. The van der Waals surface area contributed by atoms with Crippen LogP contribution in [0.2, 0.25) is 0 Å². The van der Waals surface area contributed by atoms with E-state index in [0.717, 1.165) is 4.90 Å². The third kappa shape index (κ3) is 3.57. The van der Waals surface area contributed by atoms with E-state index in [1.165, 1.54) is 0 Å². The zero-order valence-electron chi connectivity index (χ0n) is 9.54. The van der Waals surface area contributed by atoms with Gasteiger partial charge in [0.1, 0.15) is 6.54 Å². The van der Waals surface area contributed by atoms with E-state index >= 15 is 0 Å². The molecule has 1 atom stereocenters. The van der Waals surface area contributed by atoms with Crippen molar-refractivity contribution in [1.29, 1.82) is 0 Å². The molecule has 0 fully saturated rings. The predicted octanol–water partition coefficient (Wildman–Crippen LogP) is 0.653. The van der Waals surface area contributed by atoms with Crippen LogP contribution in [0.5, 0.6) is 0 Å². The largest absolute Gasteiger partial charge is 0.480 e. The minimum atomic E-state index is -1.31. The van der Waals surface area contributed by atoms with E-state index in [-0.39, 0.29) is 6.54 Å². The van der Waals surface area contributed by atoms with Crippen LogP contribution in [0.25, 0.3) is 0 Å². The molecule has 0 aliphatic carbocycles. The molecule has 0 saturated carbocycles. The van der Waals surface area contributed by atoms with Crippen molar-refractivity contribution in [3.05, 3.63) is 35.9 Å². The molecule has 1 aromatic carbocycles. The van der Waals surface area contributed by atoms with E-state index in [0.29, 0.717) is 5.56 Å². The SMILES string of the molecule is CCN(CC(=O)O)C(=O)C(O)c1ccccc1. The summed E-state index contributed by atoms with van der Waals surface area (Å²) in [7, 11) is 0. The van der Waals surface area contributed by atoms with Gasteiger partial charge in [-0.05, 0) is 12.5 Å². The Hall–Kier alpha value is -1.88. The number of aliphatic carboxylic acids is 1. The average molecular weight is 237 g/mol. The van der Waals surface area contributed by atoms with E-state index in [1.54, 1.807) is 37.3 Å². The zero-order valence-corrected chi connectivity index (χ0v) is 9.54. The Kier molecular flexibility index (Phi) is 4.66. The van der Waals surface area contributed by atoms with Crippen molar-refractivity contribution < 1.29 is 19.8 Å². The molecule has 92 valence electrons. The highest BCUT2D eigenvalue weighted by Gasteiger charge is 2.23. The molecular formula is C12H15NO4. The van der Waals surface area contributed by atoms with Crippen LogP contribution in [0.3, 0.4) is 0 Å². The van der Waals surface area contributed by atoms with Crippen molar-refractivity contribution in [3.8, 4) is 0 Å². The number of hydrogen-bond donors (Lipinski definition) is 2. The lowest BCUT2D eigenvalue weighted by Gasteiger charge is -2.21. The molecule has 0 saturated heterocycles. The third-order valence-corrected chi connectivity index (χ3v) is 2.37. The standard InChI is InChI=1S/C12H15NO4/c1-2-13(8-10(14)15)12(17)11(16)9-6-4-3-5-7-9/h3-7,11,16H,2,8H2,1H3,(H,14,15). The minimum Gasteiger partial charge on any atom is -0.480 e. The molecule has 0 spiro atoms. The maximum atomic E-state index is 11.8. The number of benzene rings is 1. The smallest absolute Gasteiger partial charge is 0.323 e. The molecule has 1 unspecified atom stereocenters. The number of likely N-dealkylation sites (N-methyl/N-ethyl adjacent to an activating group) is 1. The number of nitrogens with zero attached hydrogens (tertiary/aromatic N) is 1. The lowest BCUT2D eigenvalue weighted by Crippen LogP contribution is -2.38. The quantitative estimate of drug-likeness (QED) is 0.788. The second-order valence-corrected chi connectivity index (χ2v) is 3.56. The average Bonchev–Trinajstić information content (AvgIpc) is 2.35. The Morgan fingerprint density at radius 2 is 1.88 bits per heavy atom. The normalized spacial score (nSPS) is 11.9. The van der Waals surface area contributed by atoms with Gasteiger partial charge < -0.3 is 15.1 Å². The molecule has 1 amide bonds. The third-order valence-electron chi connectivity index (χ3n) is 2.37. The van der Waals surface area contributed by atoms with Gasteiger partial charge in [0.25, 0.3) is 5.91 Å². The summed E-state index contributed by atoms with van der Waals surface area (Å²) in [6.07, 6.45) is -1.31. The first-order valence-electron chi connectivity index (χ1n) is 5.29. The number of amides is 1. The number of hydrogen-bond acceptors (Lipinski definition) is 3. The molecule has 5 nitrogen and oxygen atoms in total. The Morgan fingerprint density at radius 3 is 2.35 bits per heavy atom. The number of carboxylic acid groups (broad SMARTS) is 1. The lowest BCUT2D eigenvalue weighted by molar-refractivity contribution is -0.148. The fourth-order valence-electron chi connectivity index (χ4n) is 1.46. The molecule has 0 heterocycles. The molecule has 0 aromatic heterocycles. The van der Waals surface area contributed by atoms with E-state index in [4.69, 9.17) is 5.11 Å². The van der Waals surface area contributed by atoms with Gasteiger partial charge >= 0.3 is 5.97 Å². The summed E-state index contributed by atoms with van der Waals surface area (Å²) in [5, 5.41) is 18.5. The van der Waals surface area contributed by atoms with Crippen molar-refractivity contribution in [2.45, 2.75) is 13.0 Å². The number of carbonyl (C=O) groups excluding carboxylic acids is 1. The van der Waals surface area contributed by atoms with Gasteiger partial charge in [0, 0.05) is 6.54 Å². The number of aliphatic hydroxyl groups is 1. The topological polar surface area (TPSA) is 77.8 Å². The Bertz CT molecular complexity index is 391. The molecule has 0 aliphatic heterocycles. The van der Waals surface area contributed by atoms with Gasteiger partial charge in [0.15, 0.2) is 6.10 Å². The van der Waals surface area contributed by atoms with Gasteiger partial charge in [-0.2, -0.15) is 0 Å². The zero-order chi connectivity index (χ0) is 12.8. The van der Waals surface area contributed by atoms with Gasteiger partial charge in [-0.15, -0.1) is 0 Å². The fraction of sp³-hybridized carbons (Fsp3) is 0.333. The van der Waals surface area contributed by atoms with Crippen LogP contribution in [0.4, 0.5) is 0 Å². The first kappa shape index (κ1) is 13.2. The predicted molar refractivity (Wildman–Crippen MR) is 61.3 cm³/mol. The number of rotatable bonds is 5. The highest BCUT2D eigenvalue weighted by Crippen LogP contribution is 2.14. The van der Waals surface area contributed by atoms with Crippen LogP contribution in [0.1, 0.15) is 18.6 Å². The summed E-state index contributed by atoms with van der Waals surface area (Å²) in [4.78, 5) is 23.5. The molecule has 17 heavy (non-hydrogen) atoms. The first-order valence-corrected chi connectivity index (χ1v) is 5.29. The molecule has 0 aliphatic rings. The fourth-order valence-corrected chi connectivity index (χ4v) is 1.46. The number of carbonyl (C=O) groups is 2. The van der Waals surface area contributed by atoms with Crippen LogP contribution in [-0.2, 0) is 9.59 Å². The monoisotopic (exact) mass is 237 g/mol. The van der Waals surface area contributed by atoms with Gasteiger partial charge in [0.2, 0.25) is 0 Å². The maximum absolute atomic E-state index is 11.8. The van der Waals surface area contributed by atoms with Crippen molar-refractivity contribution in [2.75, 3.05) is 13.1 Å². The van der Waals surface area contributed by atoms with Crippen LogP contribution < -0.4 is 0 Å². The second-order valence-electron chi connectivity index (χ2n) is 3.56. The van der Waals surface area contributed by atoms with E-state index in [2.05, 4.69) is 0 Å². The summed E-state index contributed by atoms with van der Waals surface area (Å²) in [5.74, 6) is -1.69. The van der Waals surface area contributed by atoms with Crippen molar-refractivity contribution in [3.63, 3.8) is 0 Å². The Morgan fingerprint density at radius 1 is 1.29 bits per heavy atom. The lowest BCUT2D eigenvalue weighted by atomic mass is 10.1. The van der Waals surface area contributed by atoms with Gasteiger partial charge in [-0.3, -0.25) is 9.59 Å². The van der Waals surface area contributed by atoms with E-state index < -0.39 is 24.5 Å². The maximum Gasteiger partial charge on any atom is 0.323 e. The number of carboxylic acids is 1. The Balaban J connectivity index is 2.77. The van der Waals surface area contributed by atoms with Crippen LogP contribution in [-0.4, -0.2) is 40.1 Å². The Labute approximate surface area is 99.3 Å². The molecular weight excluding hydrogens is 222 g/mol. The summed E-state index contributed by atoms with van der Waals surface area (Å²) < 4.78 is 0. The van der Waals surface area contributed by atoms with Crippen LogP contribution >= 0.6 is 0 Å². The molecule has 2 N–H and O–H groups in total. The number of aliphatic hydroxyl groups excluding tert-OH is 1. The van der Waals surface area contributed by atoms with Crippen LogP contribution in [0, 0.1) is 0 Å². The van der Waals surface area contributed by atoms with Crippen molar-refractivity contribution in [2.24, 2.45) is 0 Å². The second kappa shape index (κ2) is 6.00. The summed E-state index contributed by atoms with van der Waals surface area (Å²) in [6, 6.07) is 8.43. The van der Waals surface area contributed by atoms with Gasteiger partial charge in [-0.25, -0.2) is 0 Å². The highest BCUT2D eigenvalue weighted by atomic mass is 16.4. The molecule has 0 bridgehead atoms. The molecule has 0 radical (unpaired) electrons. The molecule has 1 aromatic rings. The minimum absolute atomic E-state index is 0.245. The van der Waals surface area contributed by atoms with E-state index in [1.807, 2.05) is 0 Å². The summed E-state index contributed by atoms with van der Waals surface area (Å²) in [5.41, 5.74) is 0.460.